The maximum absolute atomic E-state index is 11.1. The number of hydrogen-bond acceptors (Lipinski definition) is 1. The molecule has 2 aromatic rings. The van der Waals surface area contributed by atoms with Crippen molar-refractivity contribution in [3.63, 3.8) is 0 Å². The second kappa shape index (κ2) is 8.09. The molecule has 0 spiro atoms. The lowest BCUT2D eigenvalue weighted by atomic mass is 9.71. The zero-order valence-corrected chi connectivity index (χ0v) is 16.2. The Bertz CT molecular complexity index is 627. The van der Waals surface area contributed by atoms with Crippen molar-refractivity contribution in [2.24, 2.45) is 11.8 Å². The van der Waals surface area contributed by atoms with Crippen LogP contribution in [0.3, 0.4) is 0 Å². The van der Waals surface area contributed by atoms with Crippen LogP contribution in [0.1, 0.15) is 49.9 Å². The van der Waals surface area contributed by atoms with Gasteiger partial charge in [-0.3, -0.25) is 0 Å². The fraction of sp³-hybridized carbons (Fsp3) is 0.429. The molecule has 0 amide bonds. The van der Waals surface area contributed by atoms with Crippen LogP contribution in [0.2, 0.25) is 10.0 Å². The molecule has 1 unspecified atom stereocenters. The zero-order chi connectivity index (χ0) is 18.0. The molecule has 0 aliphatic carbocycles. The van der Waals surface area contributed by atoms with E-state index in [9.17, 15) is 5.11 Å². The zero-order valence-electron chi connectivity index (χ0n) is 14.7. The van der Waals surface area contributed by atoms with Crippen LogP contribution in [0.5, 0.6) is 0 Å². The van der Waals surface area contributed by atoms with Gasteiger partial charge in [0.05, 0.1) is 6.10 Å². The summed E-state index contributed by atoms with van der Waals surface area (Å²) >= 11 is 12.1. The largest absolute Gasteiger partial charge is 0.392 e. The lowest BCUT2D eigenvalue weighted by molar-refractivity contribution is -0.761. The number of aliphatic hydroxyl groups is 1. The number of halogens is 2. The first-order chi connectivity index (χ1) is 12.0. The van der Waals surface area contributed by atoms with E-state index in [0.717, 1.165) is 22.9 Å². The van der Waals surface area contributed by atoms with Gasteiger partial charge in [0, 0.05) is 33.0 Å². The predicted octanol–water partition coefficient (Wildman–Crippen LogP) is 4.77. The Kier molecular flexibility index (Phi) is 6.06. The van der Waals surface area contributed by atoms with Gasteiger partial charge in [-0.15, -0.1) is 0 Å². The maximum atomic E-state index is 11.1. The summed E-state index contributed by atoms with van der Waals surface area (Å²) in [5, 5.41) is 15.0. The molecule has 1 heterocycles. The van der Waals surface area contributed by atoms with E-state index >= 15 is 0 Å². The van der Waals surface area contributed by atoms with Crippen molar-refractivity contribution >= 4 is 23.2 Å². The van der Waals surface area contributed by atoms with Crippen molar-refractivity contribution in [3.05, 3.63) is 69.7 Å². The first-order valence-electron chi connectivity index (χ1n) is 9.09. The Hall–Kier alpha value is -1.06. The van der Waals surface area contributed by atoms with E-state index in [4.69, 9.17) is 23.2 Å². The van der Waals surface area contributed by atoms with E-state index in [1.807, 2.05) is 24.3 Å². The first kappa shape index (κ1) is 18.7. The fourth-order valence-corrected chi connectivity index (χ4v) is 4.58. The maximum Gasteiger partial charge on any atom is 0.117 e. The Labute approximate surface area is 160 Å². The number of rotatable bonds is 4. The highest BCUT2D eigenvalue weighted by Gasteiger charge is 2.46. The minimum absolute atomic E-state index is 0.223. The standard InChI is InChI=1S/C21H25Cl2NO/c1-3-17-19(13-5-9-15(22)10-6-13)24-20(18(4-2)21(17)25)14-7-11-16(23)12-8-14/h5-12,17-21,24-25H,3-4H2,1-2H3/p+1/t17-,18+,19-,20-,21?/m1/s1. The summed E-state index contributed by atoms with van der Waals surface area (Å²) < 4.78 is 0. The van der Waals surface area contributed by atoms with Gasteiger partial charge in [0.1, 0.15) is 12.1 Å². The van der Waals surface area contributed by atoms with Crippen molar-refractivity contribution in [1.29, 1.82) is 0 Å². The Morgan fingerprint density at radius 2 is 1.12 bits per heavy atom. The number of nitrogens with two attached hydrogens (primary N) is 1. The second-order valence-corrected chi connectivity index (χ2v) is 7.85. The first-order valence-corrected chi connectivity index (χ1v) is 9.84. The minimum Gasteiger partial charge on any atom is -0.392 e. The van der Waals surface area contributed by atoms with Gasteiger partial charge < -0.3 is 10.4 Å². The van der Waals surface area contributed by atoms with Crippen LogP contribution in [-0.2, 0) is 0 Å². The van der Waals surface area contributed by atoms with E-state index in [1.54, 1.807) is 0 Å². The predicted molar refractivity (Wildman–Crippen MR) is 104 cm³/mol. The molecule has 0 saturated carbocycles. The van der Waals surface area contributed by atoms with Gasteiger partial charge in [-0.2, -0.15) is 0 Å². The molecular weight excluding hydrogens is 353 g/mol. The highest BCUT2D eigenvalue weighted by molar-refractivity contribution is 6.30. The van der Waals surface area contributed by atoms with Gasteiger partial charge in [-0.05, 0) is 37.1 Å². The van der Waals surface area contributed by atoms with Crippen molar-refractivity contribution in [2.45, 2.75) is 44.9 Å². The fourth-order valence-electron chi connectivity index (χ4n) is 4.33. The average molecular weight is 379 g/mol. The van der Waals surface area contributed by atoms with E-state index in [0.29, 0.717) is 0 Å². The van der Waals surface area contributed by atoms with E-state index < -0.39 is 0 Å². The quantitative estimate of drug-likeness (QED) is 0.789. The number of quaternary nitrogens is 1. The van der Waals surface area contributed by atoms with Gasteiger partial charge >= 0.3 is 0 Å². The lowest BCUT2D eigenvalue weighted by Gasteiger charge is -2.43. The number of benzene rings is 2. The summed E-state index contributed by atoms with van der Waals surface area (Å²) in [7, 11) is 0. The van der Waals surface area contributed by atoms with Crippen LogP contribution in [0, 0.1) is 11.8 Å². The van der Waals surface area contributed by atoms with Crippen LogP contribution >= 0.6 is 23.2 Å². The summed E-state index contributed by atoms with van der Waals surface area (Å²) in [6.07, 6.45) is 1.59. The Morgan fingerprint density at radius 1 is 0.760 bits per heavy atom. The van der Waals surface area contributed by atoms with Crippen LogP contribution in [0.25, 0.3) is 0 Å². The van der Waals surface area contributed by atoms with Gasteiger partial charge in [0.2, 0.25) is 0 Å². The van der Waals surface area contributed by atoms with Crippen LogP contribution in [0.4, 0.5) is 0 Å². The Balaban J connectivity index is 1.97. The number of hydrogen-bond donors (Lipinski definition) is 2. The highest BCUT2D eigenvalue weighted by atomic mass is 35.5. The topological polar surface area (TPSA) is 36.8 Å². The molecule has 1 aliphatic heterocycles. The van der Waals surface area contributed by atoms with Crippen LogP contribution < -0.4 is 5.32 Å². The van der Waals surface area contributed by atoms with Gasteiger partial charge in [-0.25, -0.2) is 0 Å². The SMILES string of the molecule is CC[C@@H]1C(O)[C@H](CC)[C@@H](c2ccc(Cl)cc2)[NH2+][C@@H]1c1ccc(Cl)cc1. The number of piperidine rings is 1. The van der Waals surface area contributed by atoms with Crippen molar-refractivity contribution < 1.29 is 10.4 Å². The molecule has 5 atom stereocenters. The molecule has 0 aromatic heterocycles. The molecule has 25 heavy (non-hydrogen) atoms. The highest BCUT2D eigenvalue weighted by Crippen LogP contribution is 2.39. The molecule has 2 aromatic carbocycles. The molecule has 1 aliphatic rings. The van der Waals surface area contributed by atoms with Crippen LogP contribution in [0.15, 0.2) is 48.5 Å². The molecule has 4 heteroatoms. The molecular formula is C21H26Cl2NO+. The van der Waals surface area contributed by atoms with E-state index in [-0.39, 0.29) is 30.0 Å². The normalized spacial score (nSPS) is 29.6. The monoisotopic (exact) mass is 378 g/mol. The van der Waals surface area contributed by atoms with Crippen molar-refractivity contribution in [3.8, 4) is 0 Å². The average Bonchev–Trinajstić information content (AvgIpc) is 2.62. The third-order valence-corrected chi connectivity index (χ3v) is 6.17. The summed E-state index contributed by atoms with van der Waals surface area (Å²) in [5.74, 6) is 0.462. The molecule has 3 rings (SSSR count). The molecule has 1 fully saturated rings. The van der Waals surface area contributed by atoms with Crippen LogP contribution in [-0.4, -0.2) is 11.2 Å². The smallest absolute Gasteiger partial charge is 0.117 e. The summed E-state index contributed by atoms with van der Waals surface area (Å²) in [5.41, 5.74) is 2.45. The molecule has 1 saturated heterocycles. The summed E-state index contributed by atoms with van der Waals surface area (Å²) in [4.78, 5) is 0. The second-order valence-electron chi connectivity index (χ2n) is 6.98. The van der Waals surface area contributed by atoms with E-state index in [1.165, 1.54) is 11.1 Å². The summed E-state index contributed by atoms with van der Waals surface area (Å²) in [6.45, 7) is 4.33. The third kappa shape index (κ3) is 3.88. The van der Waals surface area contributed by atoms with Crippen molar-refractivity contribution in [2.75, 3.05) is 0 Å². The van der Waals surface area contributed by atoms with Gasteiger partial charge in [-0.1, -0.05) is 61.3 Å². The third-order valence-electron chi connectivity index (χ3n) is 5.67. The minimum atomic E-state index is -0.318. The Morgan fingerprint density at radius 3 is 1.44 bits per heavy atom. The molecule has 134 valence electrons. The molecule has 2 nitrogen and oxygen atoms in total. The molecule has 0 radical (unpaired) electrons. The van der Waals surface area contributed by atoms with Gasteiger partial charge in [0.15, 0.2) is 0 Å². The molecule has 3 N–H and O–H groups in total. The molecule has 0 bridgehead atoms. The number of aliphatic hydroxyl groups excluding tert-OH is 1. The summed E-state index contributed by atoms with van der Waals surface area (Å²) in [6, 6.07) is 16.5. The van der Waals surface area contributed by atoms with Gasteiger partial charge in [0.25, 0.3) is 0 Å². The van der Waals surface area contributed by atoms with Crippen molar-refractivity contribution in [1.82, 2.24) is 0 Å². The van der Waals surface area contributed by atoms with E-state index in [2.05, 4.69) is 43.4 Å². The lowest BCUT2D eigenvalue weighted by Crippen LogP contribution is -2.92.